The van der Waals surface area contributed by atoms with Gasteiger partial charge in [0.05, 0.1) is 6.10 Å². The molecule has 2 heteroatoms. The van der Waals surface area contributed by atoms with E-state index < -0.39 is 0 Å². The minimum absolute atomic E-state index is 0.461. The lowest BCUT2D eigenvalue weighted by Crippen LogP contribution is -2.37. The van der Waals surface area contributed by atoms with Gasteiger partial charge in [-0.05, 0) is 44.4 Å². The molecule has 1 unspecified atom stereocenters. The van der Waals surface area contributed by atoms with Gasteiger partial charge in [-0.15, -0.1) is 0 Å². The molecule has 0 bridgehead atoms. The highest BCUT2D eigenvalue weighted by Gasteiger charge is 2.31. The molecule has 0 radical (unpaired) electrons. The Morgan fingerprint density at radius 2 is 1.87 bits per heavy atom. The van der Waals surface area contributed by atoms with Crippen LogP contribution in [-0.4, -0.2) is 18.8 Å². The maximum Gasteiger partial charge on any atom is 0.0580 e. The summed E-state index contributed by atoms with van der Waals surface area (Å²) >= 11 is 0. The predicted octanol–water partition coefficient (Wildman–Crippen LogP) is 2.71. The monoisotopic (exact) mass is 211 g/mol. The number of rotatable bonds is 6. The van der Waals surface area contributed by atoms with Crippen LogP contribution in [0.25, 0.3) is 0 Å². The van der Waals surface area contributed by atoms with Crippen molar-refractivity contribution in [1.82, 2.24) is 0 Å². The summed E-state index contributed by atoms with van der Waals surface area (Å²) in [5, 5.41) is 0. The Morgan fingerprint density at radius 3 is 2.40 bits per heavy atom. The molecule has 88 valence electrons. The van der Waals surface area contributed by atoms with Gasteiger partial charge in [-0.2, -0.15) is 0 Å². The summed E-state index contributed by atoms with van der Waals surface area (Å²) in [6.07, 6.45) is 9.87. The zero-order valence-electron chi connectivity index (χ0n) is 9.95. The normalized spacial score (nSPS) is 33.2. The van der Waals surface area contributed by atoms with E-state index in [9.17, 15) is 0 Å². The molecule has 2 fully saturated rings. The second-order valence-corrected chi connectivity index (χ2v) is 5.44. The minimum atomic E-state index is 0.461. The Bertz CT molecular complexity index is 185. The molecule has 0 amide bonds. The molecule has 2 rings (SSSR count). The molecule has 2 aliphatic carbocycles. The number of hydrogen-bond acceptors (Lipinski definition) is 2. The molecule has 2 saturated carbocycles. The number of hydrogen-bond donors (Lipinski definition) is 1. The first-order valence-corrected chi connectivity index (χ1v) is 6.65. The van der Waals surface area contributed by atoms with E-state index in [2.05, 4.69) is 6.92 Å². The Labute approximate surface area is 93.6 Å². The van der Waals surface area contributed by atoms with E-state index in [4.69, 9.17) is 10.5 Å². The van der Waals surface area contributed by atoms with Gasteiger partial charge in [0.15, 0.2) is 0 Å². The first-order valence-electron chi connectivity index (χ1n) is 6.65. The van der Waals surface area contributed by atoms with Crippen LogP contribution in [0.3, 0.4) is 0 Å². The van der Waals surface area contributed by atoms with Crippen molar-refractivity contribution in [2.75, 3.05) is 6.61 Å². The molecule has 0 aliphatic heterocycles. The highest BCUT2D eigenvalue weighted by atomic mass is 16.5. The summed E-state index contributed by atoms with van der Waals surface area (Å²) in [7, 11) is 0. The van der Waals surface area contributed by atoms with Crippen LogP contribution in [0, 0.1) is 11.8 Å². The molecule has 0 aromatic heterocycles. The van der Waals surface area contributed by atoms with Crippen LogP contribution in [0.2, 0.25) is 0 Å². The van der Waals surface area contributed by atoms with Crippen LogP contribution in [0.5, 0.6) is 0 Å². The van der Waals surface area contributed by atoms with E-state index >= 15 is 0 Å². The standard InChI is InChI=1S/C13H25NO/c1-2-15-13-8-11(9-13)7-12(14)6-10-4-3-5-10/h10-13H,2-9,14H2,1H3. The molecule has 1 atom stereocenters. The van der Waals surface area contributed by atoms with Crippen LogP contribution >= 0.6 is 0 Å². The van der Waals surface area contributed by atoms with E-state index in [1.807, 2.05) is 0 Å². The molecule has 15 heavy (non-hydrogen) atoms. The molecule has 0 aromatic carbocycles. The third-order valence-electron chi connectivity index (χ3n) is 4.09. The van der Waals surface area contributed by atoms with Crippen LogP contribution in [-0.2, 0) is 4.74 Å². The lowest BCUT2D eigenvalue weighted by Gasteiger charge is -2.37. The van der Waals surface area contributed by atoms with Crippen molar-refractivity contribution < 1.29 is 4.74 Å². The van der Waals surface area contributed by atoms with Gasteiger partial charge < -0.3 is 10.5 Å². The summed E-state index contributed by atoms with van der Waals surface area (Å²) in [4.78, 5) is 0. The van der Waals surface area contributed by atoms with Crippen molar-refractivity contribution in [3.63, 3.8) is 0 Å². The van der Waals surface area contributed by atoms with Crippen molar-refractivity contribution in [2.45, 2.75) is 64.0 Å². The van der Waals surface area contributed by atoms with Crippen LogP contribution in [0.1, 0.15) is 51.9 Å². The van der Waals surface area contributed by atoms with E-state index in [1.54, 1.807) is 0 Å². The van der Waals surface area contributed by atoms with Crippen molar-refractivity contribution in [1.29, 1.82) is 0 Å². The molecule has 2 nitrogen and oxygen atoms in total. The summed E-state index contributed by atoms with van der Waals surface area (Å²) in [6, 6.07) is 0.461. The Morgan fingerprint density at radius 1 is 1.20 bits per heavy atom. The van der Waals surface area contributed by atoms with Crippen LogP contribution < -0.4 is 5.73 Å². The van der Waals surface area contributed by atoms with Gasteiger partial charge in [0.1, 0.15) is 0 Å². The fourth-order valence-corrected chi connectivity index (χ4v) is 2.92. The largest absolute Gasteiger partial charge is 0.378 e. The van der Waals surface area contributed by atoms with Crippen LogP contribution in [0.4, 0.5) is 0 Å². The summed E-state index contributed by atoms with van der Waals surface area (Å²) in [6.45, 7) is 2.95. The fraction of sp³-hybridized carbons (Fsp3) is 1.00. The minimum Gasteiger partial charge on any atom is -0.378 e. The van der Waals surface area contributed by atoms with E-state index in [-0.39, 0.29) is 0 Å². The molecule has 2 N–H and O–H groups in total. The average Bonchev–Trinajstić information content (AvgIpc) is 2.08. The Kier molecular flexibility index (Phi) is 4.04. The molecule has 0 aromatic rings. The SMILES string of the molecule is CCOC1CC(CC(N)CC2CCC2)C1. The van der Waals surface area contributed by atoms with Gasteiger partial charge in [0.25, 0.3) is 0 Å². The maximum atomic E-state index is 6.17. The predicted molar refractivity (Wildman–Crippen MR) is 62.7 cm³/mol. The quantitative estimate of drug-likeness (QED) is 0.733. The second kappa shape index (κ2) is 5.31. The van der Waals surface area contributed by atoms with Crippen molar-refractivity contribution in [3.05, 3.63) is 0 Å². The molecule has 2 aliphatic rings. The smallest absolute Gasteiger partial charge is 0.0580 e. The van der Waals surface area contributed by atoms with Crippen LogP contribution in [0.15, 0.2) is 0 Å². The van der Waals surface area contributed by atoms with Gasteiger partial charge in [0, 0.05) is 12.6 Å². The number of ether oxygens (including phenoxy) is 1. The van der Waals surface area contributed by atoms with Gasteiger partial charge >= 0.3 is 0 Å². The summed E-state index contributed by atoms with van der Waals surface area (Å²) in [5.74, 6) is 1.82. The van der Waals surface area contributed by atoms with Gasteiger partial charge in [-0.1, -0.05) is 19.3 Å². The zero-order valence-corrected chi connectivity index (χ0v) is 9.95. The number of nitrogens with two attached hydrogens (primary N) is 1. The Hall–Kier alpha value is -0.0800. The van der Waals surface area contributed by atoms with Gasteiger partial charge in [-0.3, -0.25) is 0 Å². The molecule has 0 heterocycles. The Balaban J connectivity index is 1.53. The molecular weight excluding hydrogens is 186 g/mol. The highest BCUT2D eigenvalue weighted by molar-refractivity contribution is 4.84. The van der Waals surface area contributed by atoms with E-state index in [1.165, 1.54) is 44.9 Å². The maximum absolute atomic E-state index is 6.17. The second-order valence-electron chi connectivity index (χ2n) is 5.44. The van der Waals surface area contributed by atoms with Gasteiger partial charge in [0.2, 0.25) is 0 Å². The van der Waals surface area contributed by atoms with Crippen molar-refractivity contribution in [2.24, 2.45) is 17.6 Å². The lowest BCUT2D eigenvalue weighted by atomic mass is 9.74. The third kappa shape index (κ3) is 3.18. The lowest BCUT2D eigenvalue weighted by molar-refractivity contribution is -0.0288. The summed E-state index contributed by atoms with van der Waals surface area (Å²) < 4.78 is 5.56. The van der Waals surface area contributed by atoms with Crippen molar-refractivity contribution in [3.8, 4) is 0 Å². The zero-order chi connectivity index (χ0) is 10.7. The third-order valence-corrected chi connectivity index (χ3v) is 4.09. The first-order chi connectivity index (χ1) is 7.28. The summed E-state index contributed by atoms with van der Waals surface area (Å²) in [5.41, 5.74) is 6.17. The average molecular weight is 211 g/mol. The van der Waals surface area contributed by atoms with Crippen molar-refractivity contribution >= 4 is 0 Å². The first kappa shape index (κ1) is 11.4. The van der Waals surface area contributed by atoms with E-state index in [0.29, 0.717) is 12.1 Å². The highest BCUT2D eigenvalue weighted by Crippen LogP contribution is 2.36. The van der Waals surface area contributed by atoms with E-state index in [0.717, 1.165) is 18.4 Å². The topological polar surface area (TPSA) is 35.2 Å². The molecular formula is C13H25NO. The molecule has 0 saturated heterocycles. The fourth-order valence-electron chi connectivity index (χ4n) is 2.92. The molecule has 0 spiro atoms. The van der Waals surface area contributed by atoms with Gasteiger partial charge in [-0.25, -0.2) is 0 Å².